The Hall–Kier alpha value is -2.87. The summed E-state index contributed by atoms with van der Waals surface area (Å²) in [6.07, 6.45) is 4.73. The molecule has 0 unspecified atom stereocenters. The number of anilines is 1. The Morgan fingerprint density at radius 2 is 2.00 bits per heavy atom. The monoisotopic (exact) mass is 440 g/mol. The van der Waals surface area contributed by atoms with Gasteiger partial charge in [-0.2, -0.15) is 0 Å². The molecule has 0 atom stereocenters. The third-order valence-corrected chi connectivity index (χ3v) is 6.55. The molecule has 0 fully saturated rings. The van der Waals surface area contributed by atoms with Gasteiger partial charge in [-0.25, -0.2) is 4.39 Å². The first-order valence-electron chi connectivity index (χ1n) is 10.3. The van der Waals surface area contributed by atoms with Gasteiger partial charge < -0.3 is 14.6 Å². The average molecular weight is 441 g/mol. The maximum atomic E-state index is 13.7. The summed E-state index contributed by atoms with van der Waals surface area (Å²) in [5, 5.41) is 11.5. The van der Waals surface area contributed by atoms with Crippen LogP contribution in [0.1, 0.15) is 35.4 Å². The fraction of sp³-hybridized carbons (Fsp3) is 0.348. The second-order valence-corrected chi connectivity index (χ2v) is 8.54. The van der Waals surface area contributed by atoms with Gasteiger partial charge in [0, 0.05) is 7.05 Å². The van der Waals surface area contributed by atoms with E-state index in [1.807, 2.05) is 17.7 Å². The molecule has 0 aliphatic heterocycles. The van der Waals surface area contributed by atoms with Gasteiger partial charge in [-0.3, -0.25) is 4.79 Å². The number of halogens is 1. The fourth-order valence-corrected chi connectivity index (χ4v) is 4.49. The number of fused-ring (bicyclic) bond motifs is 1. The Morgan fingerprint density at radius 3 is 2.84 bits per heavy atom. The van der Waals surface area contributed by atoms with Gasteiger partial charge in [0.15, 0.2) is 11.0 Å². The SMILES string of the molecule is Cc1c(OCc2nnc(SCC(=O)Nc3ccccc3F)n2C)ccc2c1CCCC2. The van der Waals surface area contributed by atoms with E-state index in [0.717, 1.165) is 18.6 Å². The lowest BCUT2D eigenvalue weighted by atomic mass is 9.88. The summed E-state index contributed by atoms with van der Waals surface area (Å²) >= 11 is 1.24. The average Bonchev–Trinajstić information content (AvgIpc) is 3.13. The Balaban J connectivity index is 1.34. The highest BCUT2D eigenvalue weighted by Gasteiger charge is 2.16. The summed E-state index contributed by atoms with van der Waals surface area (Å²) < 4.78 is 21.5. The van der Waals surface area contributed by atoms with Crippen LogP contribution in [0.5, 0.6) is 5.75 Å². The highest BCUT2D eigenvalue weighted by Crippen LogP contribution is 2.31. The van der Waals surface area contributed by atoms with Crippen LogP contribution in [0.4, 0.5) is 10.1 Å². The molecule has 0 saturated heterocycles. The maximum absolute atomic E-state index is 13.7. The minimum Gasteiger partial charge on any atom is -0.485 e. The maximum Gasteiger partial charge on any atom is 0.234 e. The fourth-order valence-electron chi connectivity index (χ4n) is 3.77. The molecule has 4 rings (SSSR count). The van der Waals surface area contributed by atoms with Crippen molar-refractivity contribution in [3.05, 3.63) is 64.7 Å². The van der Waals surface area contributed by atoms with Crippen LogP contribution in [0.2, 0.25) is 0 Å². The topological polar surface area (TPSA) is 69.0 Å². The molecule has 1 amide bonds. The largest absolute Gasteiger partial charge is 0.485 e. The molecule has 0 saturated carbocycles. The first-order valence-corrected chi connectivity index (χ1v) is 11.3. The molecule has 31 heavy (non-hydrogen) atoms. The molecule has 0 radical (unpaired) electrons. The van der Waals surface area contributed by atoms with Crippen molar-refractivity contribution in [2.75, 3.05) is 11.1 Å². The van der Waals surface area contributed by atoms with Crippen molar-refractivity contribution < 1.29 is 13.9 Å². The molecule has 2 aromatic carbocycles. The van der Waals surface area contributed by atoms with Crippen LogP contribution in [0.25, 0.3) is 0 Å². The van der Waals surface area contributed by atoms with Crippen molar-refractivity contribution in [3.8, 4) is 5.75 Å². The van der Waals surface area contributed by atoms with Crippen molar-refractivity contribution in [3.63, 3.8) is 0 Å². The van der Waals surface area contributed by atoms with Crippen molar-refractivity contribution in [2.24, 2.45) is 7.05 Å². The molecule has 1 aromatic heterocycles. The smallest absolute Gasteiger partial charge is 0.234 e. The third kappa shape index (κ3) is 4.90. The minimum atomic E-state index is -0.462. The van der Waals surface area contributed by atoms with Crippen LogP contribution in [-0.4, -0.2) is 26.4 Å². The predicted octanol–water partition coefficient (Wildman–Crippen LogP) is 4.45. The molecule has 162 valence electrons. The molecule has 1 N–H and O–H groups in total. The number of ether oxygens (including phenoxy) is 1. The Morgan fingerprint density at radius 1 is 1.19 bits per heavy atom. The van der Waals surface area contributed by atoms with Gasteiger partial charge in [0.25, 0.3) is 0 Å². The number of benzene rings is 2. The number of aryl methyl sites for hydroxylation is 1. The summed E-state index contributed by atoms with van der Waals surface area (Å²) in [6, 6.07) is 10.3. The number of hydrogen-bond donors (Lipinski definition) is 1. The number of nitrogens with zero attached hydrogens (tertiary/aromatic N) is 3. The van der Waals surface area contributed by atoms with E-state index in [9.17, 15) is 9.18 Å². The zero-order valence-electron chi connectivity index (χ0n) is 17.7. The van der Waals surface area contributed by atoms with Crippen molar-refractivity contribution in [2.45, 2.75) is 44.4 Å². The molecule has 8 heteroatoms. The van der Waals surface area contributed by atoms with Crippen LogP contribution in [0.3, 0.4) is 0 Å². The number of rotatable bonds is 7. The lowest BCUT2D eigenvalue weighted by Gasteiger charge is -2.20. The summed E-state index contributed by atoms with van der Waals surface area (Å²) in [5.74, 6) is 0.888. The second-order valence-electron chi connectivity index (χ2n) is 7.60. The first kappa shape index (κ1) is 21.4. The number of amides is 1. The third-order valence-electron chi connectivity index (χ3n) is 5.53. The first-order chi connectivity index (χ1) is 15.0. The quantitative estimate of drug-likeness (QED) is 0.550. The van der Waals surface area contributed by atoms with Gasteiger partial charge in [-0.15, -0.1) is 10.2 Å². The highest BCUT2D eigenvalue weighted by molar-refractivity contribution is 7.99. The highest BCUT2D eigenvalue weighted by atomic mass is 32.2. The van der Waals surface area contributed by atoms with Crippen molar-refractivity contribution in [1.82, 2.24) is 14.8 Å². The van der Waals surface area contributed by atoms with Crippen molar-refractivity contribution in [1.29, 1.82) is 0 Å². The Kier molecular flexibility index (Phi) is 6.56. The molecule has 0 spiro atoms. The van der Waals surface area contributed by atoms with E-state index in [4.69, 9.17) is 4.74 Å². The van der Waals surface area contributed by atoms with Crippen LogP contribution in [0, 0.1) is 12.7 Å². The Bertz CT molecular complexity index is 1100. The molecular weight excluding hydrogens is 415 g/mol. The summed E-state index contributed by atoms with van der Waals surface area (Å²) in [6.45, 7) is 2.41. The number of aromatic nitrogens is 3. The van der Waals surface area contributed by atoms with Gasteiger partial charge >= 0.3 is 0 Å². The van der Waals surface area contributed by atoms with Gasteiger partial charge in [-0.1, -0.05) is 30.0 Å². The summed E-state index contributed by atoms with van der Waals surface area (Å²) in [5.41, 5.74) is 4.22. The molecule has 1 aliphatic carbocycles. The lowest BCUT2D eigenvalue weighted by molar-refractivity contribution is -0.113. The number of nitrogens with one attached hydrogen (secondary N) is 1. The molecule has 6 nitrogen and oxygen atoms in total. The molecular formula is C23H25FN4O2S. The zero-order chi connectivity index (χ0) is 21.8. The van der Waals surface area contributed by atoms with Crippen LogP contribution in [0.15, 0.2) is 41.6 Å². The van der Waals surface area contributed by atoms with E-state index in [1.54, 1.807) is 12.1 Å². The normalized spacial score (nSPS) is 13.0. The summed E-state index contributed by atoms with van der Waals surface area (Å²) in [4.78, 5) is 12.1. The van der Waals surface area contributed by atoms with Gasteiger partial charge in [-0.05, 0) is 67.5 Å². The summed E-state index contributed by atoms with van der Waals surface area (Å²) in [7, 11) is 1.84. The van der Waals surface area contributed by atoms with Crippen molar-refractivity contribution >= 4 is 23.4 Å². The van der Waals surface area contributed by atoms with Crippen LogP contribution < -0.4 is 10.1 Å². The van der Waals surface area contributed by atoms with Crippen LogP contribution >= 0.6 is 11.8 Å². The van der Waals surface area contributed by atoms with E-state index in [-0.39, 0.29) is 17.3 Å². The van der Waals surface area contributed by atoms with Crippen LogP contribution in [-0.2, 0) is 31.3 Å². The van der Waals surface area contributed by atoms with Gasteiger partial charge in [0.05, 0.1) is 11.4 Å². The van der Waals surface area contributed by atoms with E-state index in [2.05, 4.69) is 28.5 Å². The number of thioether (sulfide) groups is 1. The molecule has 0 bridgehead atoms. The lowest BCUT2D eigenvalue weighted by Crippen LogP contribution is -2.15. The van der Waals surface area contributed by atoms with E-state index < -0.39 is 5.82 Å². The Labute approximate surface area is 185 Å². The zero-order valence-corrected chi connectivity index (χ0v) is 18.5. The van der Waals surface area contributed by atoms with E-state index in [1.165, 1.54) is 53.4 Å². The number of para-hydroxylation sites is 1. The van der Waals surface area contributed by atoms with Gasteiger partial charge in [0.2, 0.25) is 5.91 Å². The van der Waals surface area contributed by atoms with E-state index in [0.29, 0.717) is 17.6 Å². The second kappa shape index (κ2) is 9.51. The number of hydrogen-bond acceptors (Lipinski definition) is 5. The molecule has 3 aromatic rings. The standard InChI is InChI=1S/C23H25FN4O2S/c1-15-17-8-4-3-7-16(17)11-12-20(15)30-13-21-26-27-23(28(21)2)31-14-22(29)25-19-10-6-5-9-18(19)24/h5-6,9-12H,3-4,7-8,13-14H2,1-2H3,(H,25,29). The number of carbonyl (C=O) groups is 1. The molecule has 1 aliphatic rings. The predicted molar refractivity (Wildman–Crippen MR) is 119 cm³/mol. The van der Waals surface area contributed by atoms with E-state index >= 15 is 0 Å². The number of carbonyl (C=O) groups excluding carboxylic acids is 1. The minimum absolute atomic E-state index is 0.102. The van der Waals surface area contributed by atoms with Gasteiger partial charge in [0.1, 0.15) is 18.2 Å². The molecule has 1 heterocycles.